The van der Waals surface area contributed by atoms with E-state index in [-0.39, 0.29) is 18.0 Å². The van der Waals surface area contributed by atoms with Crippen LogP contribution in [0.25, 0.3) is 0 Å². The Bertz CT molecular complexity index is 622. The fourth-order valence-electron chi connectivity index (χ4n) is 2.42. The Kier molecular flexibility index (Phi) is 4.73. The number of rotatable bonds is 5. The summed E-state index contributed by atoms with van der Waals surface area (Å²) in [6.07, 6.45) is 0.276. The van der Waals surface area contributed by atoms with Gasteiger partial charge in [0.1, 0.15) is 11.6 Å². The molecule has 0 amide bonds. The van der Waals surface area contributed by atoms with Crippen molar-refractivity contribution >= 4 is 5.78 Å². The maximum atomic E-state index is 12.8. The van der Waals surface area contributed by atoms with E-state index in [1.165, 1.54) is 29.8 Å². The van der Waals surface area contributed by atoms with Crippen molar-refractivity contribution in [3.63, 3.8) is 0 Å². The number of hydrogen-bond acceptors (Lipinski definition) is 2. The second-order valence-electron chi connectivity index (χ2n) is 5.26. The molecular weight excluding hydrogens is 267 g/mol. The molecule has 0 N–H and O–H groups in total. The van der Waals surface area contributed by atoms with Gasteiger partial charge in [-0.05, 0) is 56.2 Å². The Hall–Kier alpha value is -2.16. The standard InChI is InChI=1S/C18H19FO2/c1-12-10-13(2)18(14(3)11-12)21-9-8-17(20)15-4-6-16(19)7-5-15/h4-7,10-11H,8-9H2,1-3H3. The molecule has 2 nitrogen and oxygen atoms in total. The van der Waals surface area contributed by atoms with Crippen molar-refractivity contribution in [1.29, 1.82) is 0 Å². The van der Waals surface area contributed by atoms with E-state index in [9.17, 15) is 9.18 Å². The summed E-state index contributed by atoms with van der Waals surface area (Å²) < 4.78 is 18.6. The Morgan fingerprint density at radius 1 is 1.05 bits per heavy atom. The lowest BCUT2D eigenvalue weighted by atomic mass is 10.1. The molecule has 0 spiro atoms. The summed E-state index contributed by atoms with van der Waals surface area (Å²) in [5, 5.41) is 0. The van der Waals surface area contributed by atoms with Gasteiger partial charge in [-0.3, -0.25) is 4.79 Å². The molecule has 0 aliphatic heterocycles. The molecule has 0 aromatic heterocycles. The molecule has 0 aliphatic rings. The molecule has 0 saturated heterocycles. The van der Waals surface area contributed by atoms with Gasteiger partial charge in [0.05, 0.1) is 6.61 Å². The number of ether oxygens (including phenoxy) is 1. The lowest BCUT2D eigenvalue weighted by Gasteiger charge is -2.12. The smallest absolute Gasteiger partial charge is 0.166 e. The maximum Gasteiger partial charge on any atom is 0.166 e. The summed E-state index contributed by atoms with van der Waals surface area (Å²) in [6.45, 7) is 6.36. The molecule has 0 aliphatic carbocycles. The Morgan fingerprint density at radius 3 is 2.19 bits per heavy atom. The number of carbonyl (C=O) groups excluding carboxylic acids is 1. The van der Waals surface area contributed by atoms with Crippen molar-refractivity contribution in [2.45, 2.75) is 27.2 Å². The minimum Gasteiger partial charge on any atom is -0.493 e. The van der Waals surface area contributed by atoms with Gasteiger partial charge in [-0.2, -0.15) is 0 Å². The van der Waals surface area contributed by atoms with Crippen LogP contribution < -0.4 is 4.74 Å². The van der Waals surface area contributed by atoms with Gasteiger partial charge in [-0.1, -0.05) is 17.7 Å². The highest BCUT2D eigenvalue weighted by Gasteiger charge is 2.09. The first kappa shape index (κ1) is 15.2. The molecule has 21 heavy (non-hydrogen) atoms. The van der Waals surface area contributed by atoms with Crippen LogP contribution >= 0.6 is 0 Å². The van der Waals surface area contributed by atoms with Gasteiger partial charge < -0.3 is 4.74 Å². The minimum atomic E-state index is -0.339. The number of aryl methyl sites for hydroxylation is 3. The van der Waals surface area contributed by atoms with Crippen molar-refractivity contribution in [3.8, 4) is 5.75 Å². The van der Waals surface area contributed by atoms with E-state index in [0.717, 1.165) is 16.9 Å². The molecule has 0 heterocycles. The number of benzene rings is 2. The van der Waals surface area contributed by atoms with E-state index in [1.54, 1.807) is 0 Å². The average molecular weight is 286 g/mol. The second kappa shape index (κ2) is 6.53. The number of hydrogen-bond donors (Lipinski definition) is 0. The lowest BCUT2D eigenvalue weighted by Crippen LogP contribution is -2.08. The van der Waals surface area contributed by atoms with Gasteiger partial charge in [0, 0.05) is 12.0 Å². The zero-order valence-corrected chi connectivity index (χ0v) is 12.6. The van der Waals surface area contributed by atoms with Gasteiger partial charge in [0.15, 0.2) is 5.78 Å². The molecular formula is C18H19FO2. The van der Waals surface area contributed by atoms with Gasteiger partial charge in [0.25, 0.3) is 0 Å². The third-order valence-corrected chi connectivity index (χ3v) is 3.35. The molecule has 2 rings (SSSR count). The number of Topliss-reactive ketones (excluding diaryl/α,β-unsaturated/α-hetero) is 1. The highest BCUT2D eigenvalue weighted by atomic mass is 19.1. The van der Waals surface area contributed by atoms with Crippen molar-refractivity contribution in [2.75, 3.05) is 6.61 Å². The van der Waals surface area contributed by atoms with Crippen LogP contribution in [0.3, 0.4) is 0 Å². The first-order valence-corrected chi connectivity index (χ1v) is 6.97. The first-order chi connectivity index (χ1) is 9.97. The summed E-state index contributed by atoms with van der Waals surface area (Å²) in [7, 11) is 0. The highest BCUT2D eigenvalue weighted by Crippen LogP contribution is 2.24. The van der Waals surface area contributed by atoms with Gasteiger partial charge in [-0.15, -0.1) is 0 Å². The molecule has 0 radical (unpaired) electrons. The second-order valence-corrected chi connectivity index (χ2v) is 5.26. The van der Waals surface area contributed by atoms with Crippen LogP contribution in [0.2, 0.25) is 0 Å². The number of halogens is 1. The molecule has 0 bridgehead atoms. The predicted molar refractivity (Wildman–Crippen MR) is 81.5 cm³/mol. The van der Waals surface area contributed by atoms with E-state index in [0.29, 0.717) is 12.2 Å². The van der Waals surface area contributed by atoms with E-state index >= 15 is 0 Å². The SMILES string of the molecule is Cc1cc(C)c(OCCC(=O)c2ccc(F)cc2)c(C)c1. The van der Waals surface area contributed by atoms with Crippen molar-refractivity contribution in [3.05, 3.63) is 64.5 Å². The molecule has 3 heteroatoms. The molecule has 2 aromatic carbocycles. The fourth-order valence-corrected chi connectivity index (χ4v) is 2.42. The fraction of sp³-hybridized carbons (Fsp3) is 0.278. The van der Waals surface area contributed by atoms with Gasteiger partial charge in [-0.25, -0.2) is 4.39 Å². The average Bonchev–Trinajstić information content (AvgIpc) is 2.42. The van der Waals surface area contributed by atoms with Gasteiger partial charge in [0.2, 0.25) is 0 Å². The van der Waals surface area contributed by atoms with Crippen molar-refractivity contribution in [1.82, 2.24) is 0 Å². The van der Waals surface area contributed by atoms with Crippen LogP contribution in [0.4, 0.5) is 4.39 Å². The van der Waals surface area contributed by atoms with Crippen LogP contribution in [0.5, 0.6) is 5.75 Å². The summed E-state index contributed by atoms with van der Waals surface area (Å²) >= 11 is 0. The van der Waals surface area contributed by atoms with Crippen LogP contribution in [-0.2, 0) is 0 Å². The Balaban J connectivity index is 1.95. The van der Waals surface area contributed by atoms with Crippen LogP contribution in [0, 0.1) is 26.6 Å². The van der Waals surface area contributed by atoms with Crippen LogP contribution in [0.1, 0.15) is 33.5 Å². The van der Waals surface area contributed by atoms with Crippen molar-refractivity contribution in [2.24, 2.45) is 0 Å². The zero-order valence-electron chi connectivity index (χ0n) is 12.6. The summed E-state index contributed by atoms with van der Waals surface area (Å²) in [5.74, 6) is 0.457. The summed E-state index contributed by atoms with van der Waals surface area (Å²) in [6, 6.07) is 9.71. The summed E-state index contributed by atoms with van der Waals surface area (Å²) in [4.78, 5) is 12.0. The largest absolute Gasteiger partial charge is 0.493 e. The quantitative estimate of drug-likeness (QED) is 0.761. The van der Waals surface area contributed by atoms with Crippen LogP contribution in [0.15, 0.2) is 36.4 Å². The molecule has 0 atom stereocenters. The molecule has 0 saturated carbocycles. The number of ketones is 1. The monoisotopic (exact) mass is 286 g/mol. The van der Waals surface area contributed by atoms with Crippen LogP contribution in [-0.4, -0.2) is 12.4 Å². The van der Waals surface area contributed by atoms with E-state index in [2.05, 4.69) is 12.1 Å². The first-order valence-electron chi connectivity index (χ1n) is 6.97. The third kappa shape index (κ3) is 3.91. The van der Waals surface area contributed by atoms with E-state index in [1.807, 2.05) is 20.8 Å². The molecule has 0 fully saturated rings. The molecule has 110 valence electrons. The Labute approximate surface area is 124 Å². The normalized spacial score (nSPS) is 10.5. The third-order valence-electron chi connectivity index (χ3n) is 3.35. The maximum absolute atomic E-state index is 12.8. The predicted octanol–water partition coefficient (Wildman–Crippen LogP) is 4.40. The molecule has 0 unspecified atom stereocenters. The number of carbonyl (C=O) groups is 1. The van der Waals surface area contributed by atoms with E-state index in [4.69, 9.17) is 4.74 Å². The Morgan fingerprint density at radius 2 is 1.62 bits per heavy atom. The lowest BCUT2D eigenvalue weighted by molar-refractivity contribution is 0.0961. The topological polar surface area (TPSA) is 26.3 Å². The zero-order chi connectivity index (χ0) is 15.4. The van der Waals surface area contributed by atoms with E-state index < -0.39 is 0 Å². The highest BCUT2D eigenvalue weighted by molar-refractivity contribution is 5.96. The minimum absolute atomic E-state index is 0.0441. The molecule has 2 aromatic rings. The van der Waals surface area contributed by atoms with Crippen molar-refractivity contribution < 1.29 is 13.9 Å². The summed E-state index contributed by atoms with van der Waals surface area (Å²) in [5.41, 5.74) is 3.85. The van der Waals surface area contributed by atoms with Gasteiger partial charge >= 0.3 is 0 Å².